The van der Waals surface area contributed by atoms with Gasteiger partial charge in [-0.05, 0) is 37.1 Å². The smallest absolute Gasteiger partial charge is 0.251 e. The Hall–Kier alpha value is -2.36. The largest absolute Gasteiger partial charge is 0.362 e. The molecule has 0 saturated heterocycles. The van der Waals surface area contributed by atoms with Crippen molar-refractivity contribution in [3.05, 3.63) is 59.3 Å². The average molecular weight is 510 g/mol. The first kappa shape index (κ1) is 24.7. The highest BCUT2D eigenvalue weighted by Gasteiger charge is 2.06. The van der Waals surface area contributed by atoms with Crippen molar-refractivity contribution in [2.75, 3.05) is 39.1 Å². The molecule has 7 nitrogen and oxygen atoms in total. The molecule has 0 spiro atoms. The highest BCUT2D eigenvalue weighted by Crippen LogP contribution is 2.15. The van der Waals surface area contributed by atoms with Crippen LogP contribution < -0.4 is 20.9 Å². The first-order valence-corrected chi connectivity index (χ1v) is 9.49. The van der Waals surface area contributed by atoms with Gasteiger partial charge in [-0.3, -0.25) is 4.79 Å². The number of rotatable bonds is 8. The number of hydrogen-bond donors (Lipinski definition) is 3. The molecule has 2 rings (SSSR count). The van der Waals surface area contributed by atoms with E-state index < -0.39 is 0 Å². The summed E-state index contributed by atoms with van der Waals surface area (Å²) in [5, 5.41) is 9.27. The highest BCUT2D eigenvalue weighted by atomic mass is 127. The molecule has 29 heavy (non-hydrogen) atoms. The van der Waals surface area contributed by atoms with Crippen LogP contribution in [0.25, 0.3) is 0 Å². The summed E-state index contributed by atoms with van der Waals surface area (Å²) < 4.78 is 0. The Morgan fingerprint density at radius 2 is 1.97 bits per heavy atom. The van der Waals surface area contributed by atoms with Gasteiger partial charge < -0.3 is 20.9 Å². The van der Waals surface area contributed by atoms with Crippen molar-refractivity contribution >= 4 is 41.7 Å². The zero-order valence-electron chi connectivity index (χ0n) is 17.5. The standard InChI is InChI=1S/C21H30N6O.HI/c1-5-23-21(26-15-18-10-7-12-24-19(18)27(3)4)25-13-11-16-8-6-9-17(14-16)20(28)22-2;/h6-10,12,14H,5,11,13,15H2,1-4H3,(H,22,28)(H2,23,25,26);1H. The maximum absolute atomic E-state index is 11.8. The van der Waals surface area contributed by atoms with E-state index in [1.54, 1.807) is 13.2 Å². The van der Waals surface area contributed by atoms with E-state index in [0.29, 0.717) is 12.1 Å². The monoisotopic (exact) mass is 510 g/mol. The van der Waals surface area contributed by atoms with Gasteiger partial charge >= 0.3 is 0 Å². The molecule has 0 bridgehead atoms. The molecule has 2 aromatic rings. The van der Waals surface area contributed by atoms with Gasteiger partial charge in [-0.25, -0.2) is 9.98 Å². The number of aromatic nitrogens is 1. The van der Waals surface area contributed by atoms with E-state index in [0.717, 1.165) is 42.4 Å². The van der Waals surface area contributed by atoms with E-state index in [1.807, 2.05) is 62.3 Å². The number of carbonyl (C=O) groups is 1. The van der Waals surface area contributed by atoms with Crippen molar-refractivity contribution < 1.29 is 4.79 Å². The zero-order chi connectivity index (χ0) is 20.4. The predicted octanol–water partition coefficient (Wildman–Crippen LogP) is 2.42. The maximum Gasteiger partial charge on any atom is 0.251 e. The van der Waals surface area contributed by atoms with Crippen LogP contribution in [0.4, 0.5) is 5.82 Å². The Labute approximate surface area is 190 Å². The first-order chi connectivity index (χ1) is 13.5. The van der Waals surface area contributed by atoms with Crippen molar-refractivity contribution in [1.29, 1.82) is 0 Å². The van der Waals surface area contributed by atoms with Gasteiger partial charge in [0.1, 0.15) is 5.82 Å². The van der Waals surface area contributed by atoms with Gasteiger partial charge in [0.2, 0.25) is 0 Å². The number of pyridine rings is 1. The minimum absolute atomic E-state index is 0. The molecule has 1 aromatic carbocycles. The second-order valence-electron chi connectivity index (χ2n) is 6.53. The van der Waals surface area contributed by atoms with Gasteiger partial charge in [-0.2, -0.15) is 0 Å². The summed E-state index contributed by atoms with van der Waals surface area (Å²) in [5.41, 5.74) is 2.85. The minimum Gasteiger partial charge on any atom is -0.362 e. The quantitative estimate of drug-likeness (QED) is 0.289. The van der Waals surface area contributed by atoms with Crippen LogP contribution in [0.15, 0.2) is 47.6 Å². The fourth-order valence-electron chi connectivity index (χ4n) is 2.80. The molecule has 1 aromatic heterocycles. The number of carbonyl (C=O) groups excluding carboxylic acids is 1. The van der Waals surface area contributed by atoms with E-state index >= 15 is 0 Å². The van der Waals surface area contributed by atoms with Crippen LogP contribution in [-0.4, -0.2) is 51.1 Å². The summed E-state index contributed by atoms with van der Waals surface area (Å²) in [4.78, 5) is 22.9. The van der Waals surface area contributed by atoms with Gasteiger partial charge in [0.05, 0.1) is 6.54 Å². The molecule has 1 heterocycles. The molecule has 0 saturated carbocycles. The van der Waals surface area contributed by atoms with Gasteiger partial charge in [0.15, 0.2) is 5.96 Å². The van der Waals surface area contributed by atoms with Gasteiger partial charge in [0.25, 0.3) is 5.91 Å². The number of aliphatic imine (C=N–C) groups is 1. The lowest BCUT2D eigenvalue weighted by Gasteiger charge is -2.16. The third-order valence-corrected chi connectivity index (χ3v) is 4.17. The molecule has 8 heteroatoms. The van der Waals surface area contributed by atoms with E-state index in [2.05, 4.69) is 25.9 Å². The Balaban J connectivity index is 0.00000420. The van der Waals surface area contributed by atoms with Crippen molar-refractivity contribution in [3.8, 4) is 0 Å². The van der Waals surface area contributed by atoms with Crippen LogP contribution in [0.1, 0.15) is 28.4 Å². The molecule has 0 atom stereocenters. The molecule has 158 valence electrons. The van der Waals surface area contributed by atoms with Crippen LogP contribution in [0, 0.1) is 0 Å². The fourth-order valence-corrected chi connectivity index (χ4v) is 2.80. The number of hydrogen-bond acceptors (Lipinski definition) is 4. The topological polar surface area (TPSA) is 81.7 Å². The molecule has 0 unspecified atom stereocenters. The Morgan fingerprint density at radius 3 is 2.66 bits per heavy atom. The number of nitrogens with zero attached hydrogens (tertiary/aromatic N) is 3. The molecular formula is C21H31IN6O. The molecule has 0 fully saturated rings. The molecule has 0 aliphatic rings. The second-order valence-corrected chi connectivity index (χ2v) is 6.53. The lowest BCUT2D eigenvalue weighted by molar-refractivity contribution is 0.0963. The highest BCUT2D eigenvalue weighted by molar-refractivity contribution is 14.0. The summed E-state index contributed by atoms with van der Waals surface area (Å²) in [6.45, 7) is 4.09. The zero-order valence-corrected chi connectivity index (χ0v) is 19.9. The van der Waals surface area contributed by atoms with Crippen molar-refractivity contribution in [2.24, 2.45) is 4.99 Å². The van der Waals surface area contributed by atoms with Crippen molar-refractivity contribution in [1.82, 2.24) is 20.9 Å². The number of nitrogens with one attached hydrogen (secondary N) is 3. The third kappa shape index (κ3) is 7.88. The molecule has 0 radical (unpaired) electrons. The number of benzene rings is 1. The van der Waals surface area contributed by atoms with Crippen LogP contribution in [0.5, 0.6) is 0 Å². The van der Waals surface area contributed by atoms with Crippen LogP contribution >= 0.6 is 24.0 Å². The van der Waals surface area contributed by atoms with E-state index in [9.17, 15) is 4.79 Å². The fraction of sp³-hybridized carbons (Fsp3) is 0.381. The normalized spacial score (nSPS) is 10.7. The summed E-state index contributed by atoms with van der Waals surface area (Å²) in [5.74, 6) is 1.62. The first-order valence-electron chi connectivity index (χ1n) is 9.49. The molecule has 0 aliphatic heterocycles. The number of guanidine groups is 1. The number of anilines is 1. The number of amides is 1. The van der Waals surface area contributed by atoms with Crippen LogP contribution in [0.2, 0.25) is 0 Å². The van der Waals surface area contributed by atoms with E-state index in [4.69, 9.17) is 0 Å². The Bertz CT molecular complexity index is 809. The lowest BCUT2D eigenvalue weighted by atomic mass is 10.1. The Kier molecular flexibility index (Phi) is 11.0. The molecule has 1 amide bonds. The van der Waals surface area contributed by atoms with E-state index in [1.165, 1.54) is 0 Å². The predicted molar refractivity (Wildman–Crippen MR) is 130 cm³/mol. The number of halogens is 1. The van der Waals surface area contributed by atoms with Crippen LogP contribution in [-0.2, 0) is 13.0 Å². The summed E-state index contributed by atoms with van der Waals surface area (Å²) >= 11 is 0. The van der Waals surface area contributed by atoms with Crippen molar-refractivity contribution in [2.45, 2.75) is 19.9 Å². The van der Waals surface area contributed by atoms with Crippen LogP contribution in [0.3, 0.4) is 0 Å². The lowest BCUT2D eigenvalue weighted by Crippen LogP contribution is -2.38. The summed E-state index contributed by atoms with van der Waals surface area (Å²) in [6, 6.07) is 11.6. The molecule has 0 aliphatic carbocycles. The molecule has 3 N–H and O–H groups in total. The van der Waals surface area contributed by atoms with Gasteiger partial charge in [-0.1, -0.05) is 18.2 Å². The summed E-state index contributed by atoms with van der Waals surface area (Å²) in [7, 11) is 5.59. The maximum atomic E-state index is 11.8. The summed E-state index contributed by atoms with van der Waals surface area (Å²) in [6.07, 6.45) is 2.59. The van der Waals surface area contributed by atoms with Crippen molar-refractivity contribution in [3.63, 3.8) is 0 Å². The molecular weight excluding hydrogens is 479 g/mol. The average Bonchev–Trinajstić information content (AvgIpc) is 2.71. The minimum atomic E-state index is -0.0714. The second kappa shape index (κ2) is 13.0. The third-order valence-electron chi connectivity index (χ3n) is 4.17. The van der Waals surface area contributed by atoms with E-state index in [-0.39, 0.29) is 29.9 Å². The Morgan fingerprint density at radius 1 is 1.17 bits per heavy atom. The van der Waals surface area contributed by atoms with Gasteiger partial charge in [0, 0.05) is 51.6 Å². The van der Waals surface area contributed by atoms with Gasteiger partial charge in [-0.15, -0.1) is 24.0 Å². The SMILES string of the molecule is CCNC(=NCc1cccnc1N(C)C)NCCc1cccc(C(=O)NC)c1.I.